The van der Waals surface area contributed by atoms with Crippen molar-refractivity contribution >= 4 is 37.5 Å². The molecule has 0 spiro atoms. The molecule has 0 atom stereocenters. The number of pyridine rings is 1. The fourth-order valence-electron chi connectivity index (χ4n) is 1.50. The SMILES string of the molecule is Cc1ccncc1NCc1ccc(Br)c(Br)c1. The zero-order valence-electron chi connectivity index (χ0n) is 9.37. The van der Waals surface area contributed by atoms with Gasteiger partial charge in [-0.05, 0) is 68.1 Å². The van der Waals surface area contributed by atoms with Crippen molar-refractivity contribution in [3.8, 4) is 0 Å². The van der Waals surface area contributed by atoms with E-state index in [0.29, 0.717) is 0 Å². The maximum absolute atomic E-state index is 4.11. The summed E-state index contributed by atoms with van der Waals surface area (Å²) in [7, 11) is 0. The number of anilines is 1. The van der Waals surface area contributed by atoms with Crippen LogP contribution in [0.2, 0.25) is 0 Å². The van der Waals surface area contributed by atoms with Crippen LogP contribution in [-0.2, 0) is 6.54 Å². The van der Waals surface area contributed by atoms with Crippen LogP contribution < -0.4 is 5.32 Å². The van der Waals surface area contributed by atoms with Crippen molar-refractivity contribution in [3.63, 3.8) is 0 Å². The van der Waals surface area contributed by atoms with E-state index in [-0.39, 0.29) is 0 Å². The monoisotopic (exact) mass is 354 g/mol. The molecular formula is C13H12Br2N2. The van der Waals surface area contributed by atoms with Gasteiger partial charge in [-0.2, -0.15) is 0 Å². The Bertz CT molecular complexity index is 527. The summed E-state index contributed by atoms with van der Waals surface area (Å²) in [5, 5.41) is 3.38. The van der Waals surface area contributed by atoms with Crippen molar-refractivity contribution in [2.24, 2.45) is 0 Å². The second kappa shape index (κ2) is 5.65. The van der Waals surface area contributed by atoms with Gasteiger partial charge in [0.05, 0.1) is 11.9 Å². The van der Waals surface area contributed by atoms with Crippen LogP contribution in [0.1, 0.15) is 11.1 Å². The molecule has 0 unspecified atom stereocenters. The standard InChI is InChI=1S/C13H12Br2N2/c1-9-4-5-16-8-13(9)17-7-10-2-3-11(14)12(15)6-10/h2-6,8,17H,7H2,1H3. The lowest BCUT2D eigenvalue weighted by Gasteiger charge is -2.09. The molecular weight excluding hydrogens is 344 g/mol. The van der Waals surface area contributed by atoms with Gasteiger partial charge < -0.3 is 5.32 Å². The van der Waals surface area contributed by atoms with Crippen molar-refractivity contribution in [2.45, 2.75) is 13.5 Å². The first-order valence-electron chi connectivity index (χ1n) is 5.25. The summed E-state index contributed by atoms with van der Waals surface area (Å²) in [6.45, 7) is 2.86. The van der Waals surface area contributed by atoms with Crippen molar-refractivity contribution in [1.29, 1.82) is 0 Å². The molecule has 0 radical (unpaired) electrons. The minimum atomic E-state index is 0.790. The second-order valence-electron chi connectivity index (χ2n) is 3.79. The maximum atomic E-state index is 4.11. The predicted octanol–water partition coefficient (Wildman–Crippen LogP) is 4.53. The molecule has 1 aromatic heterocycles. The third-order valence-electron chi connectivity index (χ3n) is 2.51. The highest BCUT2D eigenvalue weighted by molar-refractivity contribution is 9.13. The molecule has 0 saturated carbocycles. The quantitative estimate of drug-likeness (QED) is 0.875. The Morgan fingerprint density at radius 2 is 2.00 bits per heavy atom. The molecule has 2 aromatic rings. The van der Waals surface area contributed by atoms with Crippen LogP contribution in [0.3, 0.4) is 0 Å². The minimum absolute atomic E-state index is 0.790. The van der Waals surface area contributed by atoms with E-state index in [2.05, 4.69) is 61.2 Å². The van der Waals surface area contributed by atoms with Gasteiger partial charge in [-0.15, -0.1) is 0 Å². The van der Waals surface area contributed by atoms with Crippen LogP contribution in [0.4, 0.5) is 5.69 Å². The van der Waals surface area contributed by atoms with E-state index in [1.165, 1.54) is 11.1 Å². The minimum Gasteiger partial charge on any atom is -0.380 e. The van der Waals surface area contributed by atoms with Gasteiger partial charge in [-0.3, -0.25) is 4.98 Å². The van der Waals surface area contributed by atoms with E-state index >= 15 is 0 Å². The predicted molar refractivity (Wildman–Crippen MR) is 78.1 cm³/mol. The Hall–Kier alpha value is -0.870. The molecule has 1 N–H and O–H groups in total. The van der Waals surface area contributed by atoms with E-state index in [4.69, 9.17) is 0 Å². The van der Waals surface area contributed by atoms with E-state index in [0.717, 1.165) is 21.2 Å². The number of rotatable bonds is 3. The molecule has 17 heavy (non-hydrogen) atoms. The summed E-state index contributed by atoms with van der Waals surface area (Å²) in [4.78, 5) is 4.11. The normalized spacial score (nSPS) is 10.3. The lowest BCUT2D eigenvalue weighted by Crippen LogP contribution is -2.01. The Labute approximate surface area is 118 Å². The van der Waals surface area contributed by atoms with Crippen molar-refractivity contribution in [1.82, 2.24) is 4.98 Å². The molecule has 2 nitrogen and oxygen atoms in total. The number of hydrogen-bond acceptors (Lipinski definition) is 2. The van der Waals surface area contributed by atoms with E-state index in [9.17, 15) is 0 Å². The number of benzene rings is 1. The van der Waals surface area contributed by atoms with Crippen LogP contribution in [0.5, 0.6) is 0 Å². The van der Waals surface area contributed by atoms with Crippen LogP contribution >= 0.6 is 31.9 Å². The molecule has 2 rings (SSSR count). The van der Waals surface area contributed by atoms with Crippen LogP contribution in [-0.4, -0.2) is 4.98 Å². The highest BCUT2D eigenvalue weighted by Gasteiger charge is 2.00. The summed E-state index contributed by atoms with van der Waals surface area (Å²) < 4.78 is 2.14. The zero-order chi connectivity index (χ0) is 12.3. The topological polar surface area (TPSA) is 24.9 Å². The van der Waals surface area contributed by atoms with E-state index in [1.807, 2.05) is 18.3 Å². The Morgan fingerprint density at radius 1 is 1.18 bits per heavy atom. The van der Waals surface area contributed by atoms with Crippen LogP contribution in [0.25, 0.3) is 0 Å². The molecule has 0 saturated heterocycles. The van der Waals surface area contributed by atoms with Gasteiger partial charge in [-0.1, -0.05) is 6.07 Å². The average molecular weight is 356 g/mol. The summed E-state index contributed by atoms with van der Waals surface area (Å²) in [5.41, 5.74) is 3.51. The number of hydrogen-bond donors (Lipinski definition) is 1. The summed E-state index contributed by atoms with van der Waals surface area (Å²) >= 11 is 6.96. The van der Waals surface area contributed by atoms with Crippen molar-refractivity contribution in [3.05, 3.63) is 56.7 Å². The Balaban J connectivity index is 2.08. The molecule has 1 aromatic carbocycles. The molecule has 0 bridgehead atoms. The van der Waals surface area contributed by atoms with Crippen molar-refractivity contribution < 1.29 is 0 Å². The third-order valence-corrected chi connectivity index (χ3v) is 4.39. The number of nitrogens with one attached hydrogen (secondary N) is 1. The molecule has 88 valence electrons. The molecule has 4 heteroatoms. The lowest BCUT2D eigenvalue weighted by molar-refractivity contribution is 1.12. The van der Waals surface area contributed by atoms with Crippen molar-refractivity contribution in [2.75, 3.05) is 5.32 Å². The highest BCUT2D eigenvalue weighted by Crippen LogP contribution is 2.24. The van der Waals surface area contributed by atoms with Gasteiger partial charge >= 0.3 is 0 Å². The van der Waals surface area contributed by atoms with Gasteiger partial charge in [0, 0.05) is 21.7 Å². The fraction of sp³-hybridized carbons (Fsp3) is 0.154. The zero-order valence-corrected chi connectivity index (χ0v) is 12.5. The maximum Gasteiger partial charge on any atom is 0.0559 e. The lowest BCUT2D eigenvalue weighted by atomic mass is 10.2. The number of aromatic nitrogens is 1. The Morgan fingerprint density at radius 3 is 2.71 bits per heavy atom. The van der Waals surface area contributed by atoms with E-state index in [1.54, 1.807) is 6.20 Å². The van der Waals surface area contributed by atoms with E-state index < -0.39 is 0 Å². The average Bonchev–Trinajstić information content (AvgIpc) is 2.32. The molecule has 0 aliphatic carbocycles. The smallest absolute Gasteiger partial charge is 0.0559 e. The molecule has 0 fully saturated rings. The van der Waals surface area contributed by atoms with Gasteiger partial charge in [-0.25, -0.2) is 0 Å². The molecule has 0 amide bonds. The van der Waals surface area contributed by atoms with Gasteiger partial charge in [0.25, 0.3) is 0 Å². The fourth-order valence-corrected chi connectivity index (χ4v) is 2.17. The molecule has 1 heterocycles. The highest BCUT2D eigenvalue weighted by atomic mass is 79.9. The first kappa shape index (κ1) is 12.6. The van der Waals surface area contributed by atoms with Gasteiger partial charge in [0.1, 0.15) is 0 Å². The van der Waals surface area contributed by atoms with Gasteiger partial charge in [0.2, 0.25) is 0 Å². The number of aryl methyl sites for hydroxylation is 1. The van der Waals surface area contributed by atoms with Gasteiger partial charge in [0.15, 0.2) is 0 Å². The number of halogens is 2. The first-order valence-corrected chi connectivity index (χ1v) is 6.84. The molecule has 0 aliphatic rings. The third kappa shape index (κ3) is 3.30. The first-order chi connectivity index (χ1) is 8.16. The largest absolute Gasteiger partial charge is 0.380 e. The second-order valence-corrected chi connectivity index (χ2v) is 5.50. The summed E-state index contributed by atoms with van der Waals surface area (Å²) in [5.74, 6) is 0. The molecule has 0 aliphatic heterocycles. The Kier molecular flexibility index (Phi) is 4.18. The van der Waals surface area contributed by atoms with Crippen LogP contribution in [0, 0.1) is 6.92 Å². The van der Waals surface area contributed by atoms with Crippen LogP contribution in [0.15, 0.2) is 45.6 Å². The summed E-state index contributed by atoms with van der Waals surface area (Å²) in [6, 6.07) is 8.23. The number of nitrogens with zero attached hydrogens (tertiary/aromatic N) is 1. The summed E-state index contributed by atoms with van der Waals surface area (Å²) in [6.07, 6.45) is 3.65.